The molecule has 2 heterocycles. The number of H-pyrrole nitrogens is 1. The molecule has 0 radical (unpaired) electrons. The van der Waals surface area contributed by atoms with E-state index in [0.717, 1.165) is 32.4 Å². The van der Waals surface area contributed by atoms with Gasteiger partial charge in [0.05, 0.1) is 5.92 Å². The van der Waals surface area contributed by atoms with E-state index in [1.807, 2.05) is 0 Å². The third-order valence-electron chi connectivity index (χ3n) is 5.43. The number of hydrogen-bond donors (Lipinski definition) is 2. The van der Waals surface area contributed by atoms with E-state index in [4.69, 9.17) is 0 Å². The molecule has 2 unspecified atom stereocenters. The molecule has 1 aromatic heterocycles. The number of rotatable bonds is 4. The average Bonchev–Trinajstić information content (AvgIpc) is 3.00. The zero-order chi connectivity index (χ0) is 16.7. The Labute approximate surface area is 142 Å². The summed E-state index contributed by atoms with van der Waals surface area (Å²) in [4.78, 5) is 18.3. The minimum absolute atomic E-state index is 0.0612. The molecule has 0 fully saturated rings. The van der Waals surface area contributed by atoms with E-state index in [9.17, 15) is 4.79 Å². The van der Waals surface area contributed by atoms with Gasteiger partial charge in [0.15, 0.2) is 0 Å². The van der Waals surface area contributed by atoms with Crippen molar-refractivity contribution in [2.75, 3.05) is 20.1 Å². The molecule has 2 aliphatic rings. The van der Waals surface area contributed by atoms with Gasteiger partial charge in [-0.1, -0.05) is 31.6 Å². The third kappa shape index (κ3) is 2.46. The van der Waals surface area contributed by atoms with Gasteiger partial charge in [-0.05, 0) is 42.7 Å². The summed E-state index contributed by atoms with van der Waals surface area (Å²) in [6, 6.07) is 6.80. The van der Waals surface area contributed by atoms with Crippen LogP contribution < -0.4 is 5.32 Å². The third-order valence-corrected chi connectivity index (χ3v) is 5.43. The molecule has 0 saturated heterocycles. The molecule has 1 aliphatic heterocycles. The molecule has 4 heteroatoms. The number of nitrogens with zero attached hydrogens (tertiary/aromatic N) is 1. The monoisotopic (exact) mass is 323 g/mol. The Balaban J connectivity index is 1.69. The maximum atomic E-state index is 12.5. The van der Waals surface area contributed by atoms with Gasteiger partial charge in [-0.25, -0.2) is 0 Å². The molecule has 4 rings (SSSR count). The number of aromatic nitrogens is 1. The van der Waals surface area contributed by atoms with Crippen LogP contribution in [0.25, 0.3) is 16.5 Å². The summed E-state index contributed by atoms with van der Waals surface area (Å²) in [5.41, 5.74) is 5.19. The summed E-state index contributed by atoms with van der Waals surface area (Å²) in [7, 11) is 2.14. The van der Waals surface area contributed by atoms with Gasteiger partial charge < -0.3 is 10.3 Å². The Morgan fingerprint density at radius 1 is 1.42 bits per heavy atom. The van der Waals surface area contributed by atoms with Crippen LogP contribution in [0.15, 0.2) is 30.5 Å². The van der Waals surface area contributed by atoms with E-state index < -0.39 is 0 Å². The summed E-state index contributed by atoms with van der Waals surface area (Å²) in [6.07, 6.45) is 7.52. The normalized spacial score (nSPS) is 23.0. The molecule has 126 valence electrons. The van der Waals surface area contributed by atoms with Gasteiger partial charge in [-0.2, -0.15) is 0 Å². The highest BCUT2D eigenvalue weighted by Gasteiger charge is 2.35. The average molecular weight is 323 g/mol. The molecule has 1 aliphatic carbocycles. The van der Waals surface area contributed by atoms with Crippen LogP contribution in [-0.4, -0.2) is 42.0 Å². The Hall–Kier alpha value is -2.07. The van der Waals surface area contributed by atoms with Crippen molar-refractivity contribution in [3.05, 3.63) is 41.6 Å². The van der Waals surface area contributed by atoms with Crippen molar-refractivity contribution in [3.8, 4) is 0 Å². The molecule has 1 aromatic carbocycles. The zero-order valence-corrected chi connectivity index (χ0v) is 14.4. The van der Waals surface area contributed by atoms with Gasteiger partial charge in [-0.3, -0.25) is 9.69 Å². The van der Waals surface area contributed by atoms with Crippen LogP contribution >= 0.6 is 0 Å². The van der Waals surface area contributed by atoms with Crippen molar-refractivity contribution in [3.63, 3.8) is 0 Å². The van der Waals surface area contributed by atoms with Crippen LogP contribution in [0, 0.1) is 5.92 Å². The van der Waals surface area contributed by atoms with E-state index in [2.05, 4.69) is 59.6 Å². The highest BCUT2D eigenvalue weighted by molar-refractivity contribution is 5.99. The molecule has 4 nitrogen and oxygen atoms in total. The quantitative estimate of drug-likeness (QED) is 0.850. The minimum atomic E-state index is -0.0612. The molecule has 2 N–H and O–H groups in total. The van der Waals surface area contributed by atoms with Gasteiger partial charge in [-0.15, -0.1) is 0 Å². The van der Waals surface area contributed by atoms with Gasteiger partial charge in [0.2, 0.25) is 5.91 Å². The van der Waals surface area contributed by atoms with Gasteiger partial charge in [0.1, 0.15) is 0 Å². The first-order chi connectivity index (χ1) is 11.7. The van der Waals surface area contributed by atoms with Gasteiger partial charge in [0, 0.05) is 36.2 Å². The van der Waals surface area contributed by atoms with Gasteiger partial charge >= 0.3 is 0 Å². The van der Waals surface area contributed by atoms with Crippen molar-refractivity contribution in [2.24, 2.45) is 5.92 Å². The molecule has 0 saturated carbocycles. The van der Waals surface area contributed by atoms with Crippen LogP contribution in [-0.2, 0) is 11.2 Å². The maximum Gasteiger partial charge on any atom is 0.228 e. The molecule has 0 spiro atoms. The number of benzene rings is 1. The lowest BCUT2D eigenvalue weighted by Gasteiger charge is -2.39. The molecular weight excluding hydrogens is 298 g/mol. The number of nitrogens with one attached hydrogen (secondary N) is 2. The van der Waals surface area contributed by atoms with Crippen LogP contribution in [0.4, 0.5) is 0 Å². The van der Waals surface area contributed by atoms with E-state index in [1.165, 1.54) is 27.6 Å². The van der Waals surface area contributed by atoms with Gasteiger partial charge in [0.25, 0.3) is 0 Å². The Morgan fingerprint density at radius 2 is 2.29 bits per heavy atom. The first kappa shape index (κ1) is 15.5. The predicted octanol–water partition coefficient (Wildman–Crippen LogP) is 2.95. The number of hydrogen-bond acceptors (Lipinski definition) is 2. The molecule has 24 heavy (non-hydrogen) atoms. The lowest BCUT2D eigenvalue weighted by Crippen LogP contribution is -2.46. The van der Waals surface area contributed by atoms with Crippen molar-refractivity contribution < 1.29 is 4.79 Å². The Kier molecular flexibility index (Phi) is 3.93. The van der Waals surface area contributed by atoms with E-state index >= 15 is 0 Å². The molecule has 0 bridgehead atoms. The number of carbonyl (C=O) groups excluding carboxylic acids is 1. The first-order valence-electron chi connectivity index (χ1n) is 8.98. The van der Waals surface area contributed by atoms with Crippen molar-refractivity contribution >= 4 is 22.4 Å². The summed E-state index contributed by atoms with van der Waals surface area (Å²) >= 11 is 0. The number of aromatic amines is 1. The van der Waals surface area contributed by atoms with Crippen LogP contribution in [0.1, 0.15) is 30.9 Å². The van der Waals surface area contributed by atoms with E-state index in [0.29, 0.717) is 6.04 Å². The van der Waals surface area contributed by atoms with E-state index in [1.54, 1.807) is 0 Å². The second kappa shape index (κ2) is 6.10. The maximum absolute atomic E-state index is 12.5. The number of fused-ring (bicyclic) bond motifs is 2. The molecule has 2 atom stereocenters. The molecular formula is C20H25N3O. The molecule has 2 aromatic rings. The predicted molar refractivity (Wildman–Crippen MR) is 97.8 cm³/mol. The minimum Gasteiger partial charge on any atom is -0.361 e. The fourth-order valence-electron chi connectivity index (χ4n) is 4.13. The fraction of sp³-hybridized carbons (Fsp3) is 0.450. The smallest absolute Gasteiger partial charge is 0.228 e. The lowest BCUT2D eigenvalue weighted by molar-refractivity contribution is -0.124. The van der Waals surface area contributed by atoms with Crippen molar-refractivity contribution in [1.82, 2.24) is 15.2 Å². The summed E-state index contributed by atoms with van der Waals surface area (Å²) in [5.74, 6) is 0.0992. The summed E-state index contributed by atoms with van der Waals surface area (Å²) in [6.45, 7) is 3.71. The molecule has 1 amide bonds. The van der Waals surface area contributed by atoms with Crippen LogP contribution in [0.3, 0.4) is 0 Å². The summed E-state index contributed by atoms with van der Waals surface area (Å²) < 4.78 is 0. The number of carbonyl (C=O) groups is 1. The first-order valence-corrected chi connectivity index (χ1v) is 8.98. The Morgan fingerprint density at radius 3 is 3.12 bits per heavy atom. The lowest BCUT2D eigenvalue weighted by atomic mass is 9.80. The summed E-state index contributed by atoms with van der Waals surface area (Å²) in [5, 5.41) is 4.43. The zero-order valence-electron chi connectivity index (χ0n) is 14.4. The highest BCUT2D eigenvalue weighted by atomic mass is 16.1. The number of amides is 1. The SMILES string of the molecule is CCCCNC(=O)C1C=C2c3cccc4[nH]cc(c34)CC2N(C)C1. The fourth-order valence-corrected chi connectivity index (χ4v) is 4.13. The van der Waals surface area contributed by atoms with Crippen LogP contribution in [0.5, 0.6) is 0 Å². The Bertz CT molecular complexity index is 804. The number of unbranched alkanes of at least 4 members (excludes halogenated alkanes) is 1. The largest absolute Gasteiger partial charge is 0.361 e. The second-order valence-electron chi connectivity index (χ2n) is 7.07. The second-order valence-corrected chi connectivity index (χ2v) is 7.07. The number of likely N-dealkylation sites (N-methyl/N-ethyl adjacent to an activating group) is 1. The highest BCUT2D eigenvalue weighted by Crippen LogP contribution is 2.40. The van der Waals surface area contributed by atoms with Crippen molar-refractivity contribution in [1.29, 1.82) is 0 Å². The standard InChI is InChI=1S/C20H25N3O/c1-3-4-8-21-20(24)14-9-16-15-6-5-7-17-19(15)13(11-22-17)10-18(16)23(2)12-14/h5-7,9,11,14,18,22H,3-4,8,10,12H2,1-2H3,(H,21,24). The van der Waals surface area contributed by atoms with Crippen molar-refractivity contribution in [2.45, 2.75) is 32.2 Å². The van der Waals surface area contributed by atoms with E-state index in [-0.39, 0.29) is 11.8 Å². The topological polar surface area (TPSA) is 48.1 Å². The van der Waals surface area contributed by atoms with Crippen LogP contribution in [0.2, 0.25) is 0 Å².